The average Bonchev–Trinajstić information content (AvgIpc) is 2.83. The van der Waals surface area contributed by atoms with Gasteiger partial charge in [-0.1, -0.05) is 48.5 Å². The van der Waals surface area contributed by atoms with Crippen LogP contribution in [0.15, 0.2) is 101 Å². The van der Waals surface area contributed by atoms with Gasteiger partial charge in [-0.3, -0.25) is 9.03 Å². The smallest absolute Gasteiger partial charge is 0.264 e. The Morgan fingerprint density at radius 1 is 0.758 bits per heavy atom. The summed E-state index contributed by atoms with van der Waals surface area (Å²) in [5, 5.41) is 1.15. The lowest BCUT2D eigenvalue weighted by Crippen LogP contribution is -2.26. The van der Waals surface area contributed by atoms with E-state index in [1.807, 2.05) is 0 Å². The predicted octanol–water partition coefficient (Wildman–Crippen LogP) is 4.47. The highest BCUT2D eigenvalue weighted by Gasteiger charge is 2.23. The minimum atomic E-state index is -4.01. The molecule has 33 heavy (non-hydrogen) atoms. The maximum atomic E-state index is 13.2. The molecular formula is C24H22N2O5S2. The summed E-state index contributed by atoms with van der Waals surface area (Å²) in [5.41, 5.74) is 0.630. The number of nitrogens with zero attached hydrogens (tertiary/aromatic N) is 1. The number of hydrogen-bond acceptors (Lipinski definition) is 5. The predicted molar refractivity (Wildman–Crippen MR) is 130 cm³/mol. The van der Waals surface area contributed by atoms with Gasteiger partial charge in [-0.05, 0) is 42.5 Å². The molecule has 0 saturated heterocycles. The molecule has 0 aliphatic carbocycles. The number of rotatable bonds is 7. The van der Waals surface area contributed by atoms with Crippen LogP contribution in [0.25, 0.3) is 10.8 Å². The molecule has 0 aliphatic rings. The van der Waals surface area contributed by atoms with Crippen LogP contribution in [0.5, 0.6) is 5.75 Å². The van der Waals surface area contributed by atoms with Crippen molar-refractivity contribution in [3.63, 3.8) is 0 Å². The van der Waals surface area contributed by atoms with Crippen LogP contribution in [0.3, 0.4) is 0 Å². The molecular weight excluding hydrogens is 460 g/mol. The van der Waals surface area contributed by atoms with Gasteiger partial charge in [0.15, 0.2) is 0 Å². The van der Waals surface area contributed by atoms with Gasteiger partial charge in [-0.25, -0.2) is 16.8 Å². The Labute approximate surface area is 193 Å². The second-order valence-electron chi connectivity index (χ2n) is 7.25. The Kier molecular flexibility index (Phi) is 6.01. The molecule has 0 saturated carbocycles. The molecule has 0 bridgehead atoms. The van der Waals surface area contributed by atoms with Gasteiger partial charge < -0.3 is 4.74 Å². The van der Waals surface area contributed by atoms with Crippen molar-refractivity contribution < 1.29 is 21.6 Å². The van der Waals surface area contributed by atoms with E-state index >= 15 is 0 Å². The number of nitrogens with one attached hydrogen (secondary N) is 1. The molecule has 0 aliphatic heterocycles. The van der Waals surface area contributed by atoms with Gasteiger partial charge in [0.25, 0.3) is 20.0 Å². The first-order valence-corrected chi connectivity index (χ1v) is 12.9. The SMILES string of the molecule is COc1ccc(S(=O)(=O)Nc2cccc(S(=O)(=O)N(C)c3ccccc3)c2)c2ccccc12. The Hall–Kier alpha value is -3.56. The zero-order valence-electron chi connectivity index (χ0n) is 18.0. The van der Waals surface area contributed by atoms with Crippen LogP contribution in [0.2, 0.25) is 0 Å². The second-order valence-corrected chi connectivity index (χ2v) is 10.9. The molecule has 0 spiro atoms. The van der Waals surface area contributed by atoms with Crippen molar-refractivity contribution in [2.75, 3.05) is 23.2 Å². The van der Waals surface area contributed by atoms with E-state index in [4.69, 9.17) is 4.74 Å². The van der Waals surface area contributed by atoms with Gasteiger partial charge in [-0.15, -0.1) is 0 Å². The first-order valence-electron chi connectivity index (χ1n) is 9.96. The summed E-state index contributed by atoms with van der Waals surface area (Å²) in [5.74, 6) is 0.557. The molecule has 4 aromatic rings. The van der Waals surface area contributed by atoms with Crippen molar-refractivity contribution in [3.05, 3.63) is 91.0 Å². The highest BCUT2D eigenvalue weighted by Crippen LogP contribution is 2.32. The minimum absolute atomic E-state index is 0.0337. The quantitative estimate of drug-likeness (QED) is 0.419. The third kappa shape index (κ3) is 4.37. The third-order valence-electron chi connectivity index (χ3n) is 5.22. The minimum Gasteiger partial charge on any atom is -0.496 e. The number of sulfonamides is 2. The van der Waals surface area contributed by atoms with E-state index in [2.05, 4.69) is 4.72 Å². The van der Waals surface area contributed by atoms with E-state index in [1.54, 1.807) is 60.7 Å². The van der Waals surface area contributed by atoms with Crippen LogP contribution in [0.1, 0.15) is 0 Å². The van der Waals surface area contributed by atoms with Gasteiger partial charge in [0, 0.05) is 17.8 Å². The van der Waals surface area contributed by atoms with Crippen LogP contribution in [0.4, 0.5) is 11.4 Å². The zero-order valence-corrected chi connectivity index (χ0v) is 19.6. The Morgan fingerprint density at radius 3 is 2.12 bits per heavy atom. The highest BCUT2D eigenvalue weighted by molar-refractivity contribution is 7.93. The van der Waals surface area contributed by atoms with Crippen molar-refractivity contribution in [2.24, 2.45) is 0 Å². The average molecular weight is 483 g/mol. The highest BCUT2D eigenvalue weighted by atomic mass is 32.2. The van der Waals surface area contributed by atoms with Crippen molar-refractivity contribution >= 4 is 42.2 Å². The molecule has 0 fully saturated rings. The summed E-state index contributed by atoms with van der Waals surface area (Å²) < 4.78 is 61.6. The molecule has 0 atom stereocenters. The lowest BCUT2D eigenvalue weighted by atomic mass is 10.1. The summed E-state index contributed by atoms with van der Waals surface area (Å²) >= 11 is 0. The molecule has 0 amide bonds. The monoisotopic (exact) mass is 482 g/mol. The van der Waals surface area contributed by atoms with E-state index in [-0.39, 0.29) is 15.5 Å². The second kappa shape index (κ2) is 8.76. The van der Waals surface area contributed by atoms with Gasteiger partial charge in [0.1, 0.15) is 5.75 Å². The lowest BCUT2D eigenvalue weighted by molar-refractivity contribution is 0.419. The molecule has 9 heteroatoms. The maximum Gasteiger partial charge on any atom is 0.264 e. The van der Waals surface area contributed by atoms with Crippen LogP contribution < -0.4 is 13.8 Å². The molecule has 170 valence electrons. The summed E-state index contributed by atoms with van der Waals surface area (Å²) in [7, 11) is -4.94. The van der Waals surface area contributed by atoms with E-state index in [0.29, 0.717) is 22.2 Å². The molecule has 0 unspecified atom stereocenters. The zero-order chi connectivity index (χ0) is 23.6. The topological polar surface area (TPSA) is 92.8 Å². The normalized spacial score (nSPS) is 11.8. The fraction of sp³-hybridized carbons (Fsp3) is 0.0833. The lowest BCUT2D eigenvalue weighted by Gasteiger charge is -2.20. The number of ether oxygens (including phenoxy) is 1. The molecule has 0 aromatic heterocycles. The molecule has 0 radical (unpaired) electrons. The Balaban J connectivity index is 1.70. The van der Waals surface area contributed by atoms with Crippen LogP contribution in [-0.2, 0) is 20.0 Å². The van der Waals surface area contributed by atoms with E-state index < -0.39 is 20.0 Å². The standard InChI is InChI=1S/C24H22N2O5S2/c1-26(19-10-4-3-5-11-19)33(29,30)20-12-8-9-18(17-20)25-32(27,28)24-16-15-23(31-2)21-13-6-7-14-22(21)24/h3-17,25H,1-2H3. The first-order chi connectivity index (χ1) is 15.7. The van der Waals surface area contributed by atoms with Gasteiger partial charge in [0.2, 0.25) is 0 Å². The summed E-state index contributed by atoms with van der Waals surface area (Å²) in [4.78, 5) is 0.0298. The fourth-order valence-corrected chi connectivity index (χ4v) is 6.02. The van der Waals surface area contributed by atoms with Crippen LogP contribution in [0, 0.1) is 0 Å². The fourth-order valence-electron chi connectivity index (χ4n) is 3.52. The summed E-state index contributed by atoms with van der Waals surface area (Å²) in [6.45, 7) is 0. The number of hydrogen-bond donors (Lipinski definition) is 1. The summed E-state index contributed by atoms with van der Waals surface area (Å²) in [6.07, 6.45) is 0. The largest absolute Gasteiger partial charge is 0.496 e. The molecule has 0 heterocycles. The van der Waals surface area contributed by atoms with E-state index in [0.717, 1.165) is 4.31 Å². The third-order valence-corrected chi connectivity index (χ3v) is 8.44. The summed E-state index contributed by atoms with van der Waals surface area (Å²) in [6, 6.07) is 24.4. The maximum absolute atomic E-state index is 13.2. The first kappa shape index (κ1) is 22.6. The van der Waals surface area contributed by atoms with Crippen LogP contribution in [-0.4, -0.2) is 31.0 Å². The number of benzene rings is 4. The Bertz CT molecular complexity index is 1520. The van der Waals surface area contributed by atoms with Gasteiger partial charge >= 0.3 is 0 Å². The van der Waals surface area contributed by atoms with Crippen molar-refractivity contribution in [1.29, 1.82) is 0 Å². The van der Waals surface area contributed by atoms with E-state index in [9.17, 15) is 16.8 Å². The molecule has 4 rings (SSSR count). The van der Waals surface area contributed by atoms with Crippen molar-refractivity contribution in [1.82, 2.24) is 0 Å². The van der Waals surface area contributed by atoms with Gasteiger partial charge in [-0.2, -0.15) is 0 Å². The van der Waals surface area contributed by atoms with Gasteiger partial charge in [0.05, 0.1) is 28.3 Å². The van der Waals surface area contributed by atoms with Crippen molar-refractivity contribution in [3.8, 4) is 5.75 Å². The number of para-hydroxylation sites is 1. The van der Waals surface area contributed by atoms with Crippen LogP contribution >= 0.6 is 0 Å². The molecule has 4 aromatic carbocycles. The molecule has 7 nitrogen and oxygen atoms in total. The van der Waals surface area contributed by atoms with Crippen molar-refractivity contribution in [2.45, 2.75) is 9.79 Å². The number of fused-ring (bicyclic) bond motifs is 1. The molecule has 1 N–H and O–H groups in total. The number of methoxy groups -OCH3 is 1. The number of anilines is 2. The Morgan fingerprint density at radius 2 is 1.42 bits per heavy atom. The van der Waals surface area contributed by atoms with E-state index in [1.165, 1.54) is 44.5 Å².